The highest BCUT2D eigenvalue weighted by Gasteiger charge is 2.51. The fraction of sp³-hybridized carbons (Fsp3) is 0.410. The van der Waals surface area contributed by atoms with Gasteiger partial charge in [-0.3, -0.25) is 9.69 Å². The zero-order valence-corrected chi connectivity index (χ0v) is 25.8. The first-order valence-electron chi connectivity index (χ1n) is 16.7. The van der Waals surface area contributed by atoms with Gasteiger partial charge in [-0.15, -0.1) is 0 Å². The van der Waals surface area contributed by atoms with Crippen LogP contribution in [0.1, 0.15) is 60.8 Å². The van der Waals surface area contributed by atoms with Gasteiger partial charge in [0.15, 0.2) is 0 Å². The van der Waals surface area contributed by atoms with Gasteiger partial charge in [0, 0.05) is 53.4 Å². The second-order valence-electron chi connectivity index (χ2n) is 13.6. The van der Waals surface area contributed by atoms with Crippen molar-refractivity contribution in [3.63, 3.8) is 0 Å². The zero-order chi connectivity index (χ0) is 29.6. The summed E-state index contributed by atoms with van der Waals surface area (Å²) in [6, 6.07) is 26.7. The van der Waals surface area contributed by atoms with E-state index in [0.717, 1.165) is 42.8 Å². The fourth-order valence-corrected chi connectivity index (χ4v) is 8.77. The average molecular weight is 586 g/mol. The lowest BCUT2D eigenvalue weighted by atomic mass is 9.67. The molecule has 0 saturated carbocycles. The van der Waals surface area contributed by atoms with Gasteiger partial charge >= 0.3 is 0 Å². The smallest absolute Gasteiger partial charge is 0.250 e. The molecular weight excluding hydrogens is 542 g/mol. The summed E-state index contributed by atoms with van der Waals surface area (Å²) < 4.78 is 8.37. The molecule has 4 fully saturated rings. The first-order valence-corrected chi connectivity index (χ1v) is 16.7. The van der Waals surface area contributed by atoms with Gasteiger partial charge < -0.3 is 14.2 Å². The molecule has 5 heterocycles. The summed E-state index contributed by atoms with van der Waals surface area (Å²) in [5.41, 5.74) is 6.99. The van der Waals surface area contributed by atoms with Crippen LogP contribution in [0.4, 0.5) is 0 Å². The molecule has 4 atom stereocenters. The SMILES string of the molecule is Cc1ccc(COc2ccc(Cn3cc(/C=C4\CC[C@@H]5[C@H]6CCCN7CCC[C@H](CN5C4=O)[C@@H]67)c4ccccc43)cc2)cc1. The van der Waals surface area contributed by atoms with Crippen LogP contribution in [-0.4, -0.2) is 52.0 Å². The summed E-state index contributed by atoms with van der Waals surface area (Å²) in [6.45, 7) is 6.91. The first-order chi connectivity index (χ1) is 21.6. The molecule has 1 aromatic heterocycles. The van der Waals surface area contributed by atoms with Crippen molar-refractivity contribution in [1.82, 2.24) is 14.4 Å². The number of ether oxygens (including phenoxy) is 1. The molecule has 0 spiro atoms. The largest absolute Gasteiger partial charge is 0.489 e. The predicted octanol–water partition coefficient (Wildman–Crippen LogP) is 7.46. The van der Waals surface area contributed by atoms with Crippen molar-refractivity contribution < 1.29 is 9.53 Å². The van der Waals surface area contributed by atoms with E-state index in [0.29, 0.717) is 36.4 Å². The maximum atomic E-state index is 14.0. The summed E-state index contributed by atoms with van der Waals surface area (Å²) in [5.74, 6) is 2.48. The van der Waals surface area contributed by atoms with E-state index >= 15 is 0 Å². The highest BCUT2D eigenvalue weighted by Crippen LogP contribution is 2.45. The summed E-state index contributed by atoms with van der Waals surface area (Å²) in [4.78, 5) is 19.1. The Balaban J connectivity index is 1.00. The third kappa shape index (κ3) is 5.15. The molecule has 4 aliphatic heterocycles. The second kappa shape index (κ2) is 11.6. The maximum absolute atomic E-state index is 14.0. The Morgan fingerprint density at radius 3 is 2.50 bits per heavy atom. The molecule has 4 aliphatic rings. The minimum absolute atomic E-state index is 0.292. The number of piperidine rings is 4. The topological polar surface area (TPSA) is 37.7 Å². The van der Waals surface area contributed by atoms with Crippen LogP contribution in [-0.2, 0) is 17.9 Å². The minimum atomic E-state index is 0.292. The number of rotatable bonds is 6. The van der Waals surface area contributed by atoms with Crippen LogP contribution in [0.3, 0.4) is 0 Å². The zero-order valence-electron chi connectivity index (χ0n) is 25.8. The molecule has 1 amide bonds. The van der Waals surface area contributed by atoms with Crippen LogP contribution in [0.15, 0.2) is 84.6 Å². The average Bonchev–Trinajstić information content (AvgIpc) is 3.40. The number of benzene rings is 3. The standard InChI is InChI=1S/C39H43N3O2/c1-27-10-12-29(13-11-27)26-44-33-17-14-28(15-18-33)23-41-24-32(34-7-2-3-9-36(34)41)22-30-16-19-37-35-8-5-21-40-20-4-6-31(38(35)40)25-42(37)39(30)43/h2-3,7,9-15,17-18,22,24,31,35,37-38H,4-6,8,16,19-21,23,25-26H2,1H3/b30-22+/t31-,35-,37-,38+/m1/s1. The highest BCUT2D eigenvalue weighted by atomic mass is 16.5. The molecule has 5 nitrogen and oxygen atoms in total. The lowest BCUT2D eigenvalue weighted by Gasteiger charge is -2.58. The van der Waals surface area contributed by atoms with Gasteiger partial charge in [0.1, 0.15) is 12.4 Å². The van der Waals surface area contributed by atoms with E-state index in [-0.39, 0.29) is 0 Å². The Hall–Kier alpha value is -3.83. The van der Waals surface area contributed by atoms with Crippen molar-refractivity contribution in [1.29, 1.82) is 0 Å². The van der Waals surface area contributed by atoms with E-state index in [2.05, 4.69) is 106 Å². The summed E-state index contributed by atoms with van der Waals surface area (Å²) >= 11 is 0. The highest BCUT2D eigenvalue weighted by molar-refractivity contribution is 6.01. The first kappa shape index (κ1) is 27.7. The third-order valence-electron chi connectivity index (χ3n) is 10.9. The molecule has 8 rings (SSSR count). The number of fused-ring (bicyclic) bond motifs is 3. The molecule has 0 unspecified atom stereocenters. The van der Waals surface area contributed by atoms with Gasteiger partial charge in [-0.2, -0.15) is 0 Å². The summed E-state index contributed by atoms with van der Waals surface area (Å²) in [6.07, 6.45) is 11.6. The van der Waals surface area contributed by atoms with Gasteiger partial charge in [-0.25, -0.2) is 0 Å². The van der Waals surface area contributed by atoms with E-state index in [1.807, 2.05) is 0 Å². The van der Waals surface area contributed by atoms with E-state index in [1.54, 1.807) is 0 Å². The van der Waals surface area contributed by atoms with Gasteiger partial charge in [-0.05, 0) is 106 Å². The molecule has 0 aliphatic carbocycles. The van der Waals surface area contributed by atoms with E-state index in [4.69, 9.17) is 4.74 Å². The van der Waals surface area contributed by atoms with E-state index in [1.165, 1.54) is 66.4 Å². The predicted molar refractivity (Wildman–Crippen MR) is 177 cm³/mol. The number of aryl methyl sites for hydroxylation is 1. The Morgan fingerprint density at radius 1 is 0.886 bits per heavy atom. The monoisotopic (exact) mass is 585 g/mol. The number of aromatic nitrogens is 1. The van der Waals surface area contributed by atoms with Gasteiger partial charge in [-0.1, -0.05) is 60.2 Å². The lowest BCUT2D eigenvalue weighted by Crippen LogP contribution is -2.66. The number of nitrogens with zero attached hydrogens (tertiary/aromatic N) is 3. The van der Waals surface area contributed by atoms with Crippen molar-refractivity contribution in [2.45, 2.75) is 70.7 Å². The molecule has 0 bridgehead atoms. The minimum Gasteiger partial charge on any atom is -0.489 e. The van der Waals surface area contributed by atoms with Crippen LogP contribution in [0.5, 0.6) is 5.75 Å². The molecule has 4 aromatic rings. The summed E-state index contributed by atoms with van der Waals surface area (Å²) in [7, 11) is 0. The molecule has 3 aromatic carbocycles. The number of carbonyl (C=O) groups excluding carboxylic acids is 1. The molecule has 226 valence electrons. The van der Waals surface area contributed by atoms with Crippen LogP contribution < -0.4 is 4.74 Å². The van der Waals surface area contributed by atoms with E-state index < -0.39 is 0 Å². The molecule has 0 radical (unpaired) electrons. The second-order valence-corrected chi connectivity index (χ2v) is 13.6. The third-order valence-corrected chi connectivity index (χ3v) is 10.9. The van der Waals surface area contributed by atoms with Crippen molar-refractivity contribution in [2.24, 2.45) is 11.8 Å². The van der Waals surface area contributed by atoms with Crippen LogP contribution in [0, 0.1) is 18.8 Å². The quantitative estimate of drug-likeness (QED) is 0.221. The van der Waals surface area contributed by atoms with Gasteiger partial charge in [0.25, 0.3) is 0 Å². The van der Waals surface area contributed by atoms with E-state index in [9.17, 15) is 4.79 Å². The number of carbonyl (C=O) groups is 1. The molecule has 4 saturated heterocycles. The van der Waals surface area contributed by atoms with Crippen molar-refractivity contribution in [3.8, 4) is 5.75 Å². The number of hydrogen-bond acceptors (Lipinski definition) is 3. The Morgan fingerprint density at radius 2 is 1.66 bits per heavy atom. The Kier molecular flexibility index (Phi) is 7.30. The van der Waals surface area contributed by atoms with Crippen molar-refractivity contribution in [2.75, 3.05) is 19.6 Å². The van der Waals surface area contributed by atoms with Gasteiger partial charge in [0.05, 0.1) is 0 Å². The molecule has 5 heteroatoms. The number of para-hydroxylation sites is 1. The van der Waals surface area contributed by atoms with Crippen molar-refractivity contribution in [3.05, 3.63) is 107 Å². The maximum Gasteiger partial charge on any atom is 0.250 e. The molecular formula is C39H43N3O2. The van der Waals surface area contributed by atoms with Gasteiger partial charge in [0.2, 0.25) is 5.91 Å². The number of hydrogen-bond donors (Lipinski definition) is 0. The van der Waals surface area contributed by atoms with Crippen LogP contribution in [0.25, 0.3) is 17.0 Å². The normalized spacial score (nSPS) is 26.1. The molecule has 44 heavy (non-hydrogen) atoms. The molecule has 0 N–H and O–H groups in total. The number of amides is 1. The lowest BCUT2D eigenvalue weighted by molar-refractivity contribution is -0.145. The van der Waals surface area contributed by atoms with Crippen molar-refractivity contribution >= 4 is 22.9 Å². The fourth-order valence-electron chi connectivity index (χ4n) is 8.77. The summed E-state index contributed by atoms with van der Waals surface area (Å²) in [5, 5.41) is 1.21. The van der Waals surface area contributed by atoms with Crippen LogP contribution >= 0.6 is 0 Å². The Bertz CT molecular complexity index is 1680. The van der Waals surface area contributed by atoms with Crippen LogP contribution in [0.2, 0.25) is 0 Å². The Labute approximate surface area is 261 Å².